The maximum absolute atomic E-state index is 12.0. The minimum Gasteiger partial charge on any atom is -0.449 e. The third-order valence-corrected chi connectivity index (χ3v) is 9.65. The molecule has 5 aliphatic carbocycles. The minimum absolute atomic E-state index is 0.190. The predicted octanol–water partition coefficient (Wildman–Crippen LogP) is 4.70. The Hall–Kier alpha value is -1.62. The van der Waals surface area contributed by atoms with E-state index in [1.54, 1.807) is 6.08 Å². The minimum atomic E-state index is -1.34. The molecule has 29 heavy (non-hydrogen) atoms. The van der Waals surface area contributed by atoms with Gasteiger partial charge in [-0.25, -0.2) is 4.79 Å². The predicted molar refractivity (Wildman–Crippen MR) is 107 cm³/mol. The molecule has 5 heteroatoms. The van der Waals surface area contributed by atoms with E-state index < -0.39 is 11.8 Å². The molecule has 0 unspecified atom stereocenters. The molecular formula is C24H32O5. The number of rotatable bonds is 3. The molecule has 0 aromatic carbocycles. The van der Waals surface area contributed by atoms with E-state index in [0.29, 0.717) is 41.8 Å². The van der Waals surface area contributed by atoms with Crippen LogP contribution in [0.1, 0.15) is 64.7 Å². The third-order valence-electron chi connectivity index (χ3n) is 9.65. The van der Waals surface area contributed by atoms with Gasteiger partial charge in [0.25, 0.3) is 0 Å². The molecule has 4 saturated carbocycles. The SMILES string of the molecule is CC[C@]12CC[C@H]3[C@@H](CCC4=CC(=O)CC[C@@H]43)[C@@H]1[C@H]1CC[C@H]1[C@@]2(O)/C=C\OC(=O)O. The maximum atomic E-state index is 12.0. The van der Waals surface area contributed by atoms with Crippen LogP contribution in [0.3, 0.4) is 0 Å². The Balaban J connectivity index is 1.50. The second-order valence-corrected chi connectivity index (χ2v) is 10.1. The molecule has 0 heterocycles. The zero-order chi connectivity index (χ0) is 20.4. The fourth-order valence-corrected chi connectivity index (χ4v) is 8.57. The van der Waals surface area contributed by atoms with Crippen molar-refractivity contribution in [3.8, 4) is 0 Å². The van der Waals surface area contributed by atoms with Crippen LogP contribution in [0.2, 0.25) is 0 Å². The van der Waals surface area contributed by atoms with Crippen LogP contribution in [0.15, 0.2) is 24.0 Å². The molecule has 0 aromatic heterocycles. The monoisotopic (exact) mass is 400 g/mol. The highest BCUT2D eigenvalue weighted by atomic mass is 16.7. The van der Waals surface area contributed by atoms with Crippen molar-refractivity contribution in [3.63, 3.8) is 0 Å². The van der Waals surface area contributed by atoms with Gasteiger partial charge >= 0.3 is 6.16 Å². The molecule has 8 atom stereocenters. The van der Waals surface area contributed by atoms with Crippen molar-refractivity contribution in [2.45, 2.75) is 70.3 Å². The fraction of sp³-hybridized carbons (Fsp3) is 0.750. The van der Waals surface area contributed by atoms with Gasteiger partial charge in [0.1, 0.15) is 0 Å². The second-order valence-electron chi connectivity index (χ2n) is 10.1. The molecule has 158 valence electrons. The van der Waals surface area contributed by atoms with Gasteiger partial charge in [-0.15, -0.1) is 0 Å². The summed E-state index contributed by atoms with van der Waals surface area (Å²) >= 11 is 0. The molecule has 5 nitrogen and oxygen atoms in total. The molecule has 5 aliphatic rings. The Morgan fingerprint density at radius 1 is 1.17 bits per heavy atom. The fourth-order valence-electron chi connectivity index (χ4n) is 8.57. The van der Waals surface area contributed by atoms with Gasteiger partial charge in [0, 0.05) is 11.8 Å². The van der Waals surface area contributed by atoms with Crippen molar-refractivity contribution < 1.29 is 24.5 Å². The summed E-state index contributed by atoms with van der Waals surface area (Å²) in [5, 5.41) is 20.8. The van der Waals surface area contributed by atoms with Gasteiger partial charge in [-0.1, -0.05) is 12.5 Å². The van der Waals surface area contributed by atoms with Crippen LogP contribution in [0.5, 0.6) is 0 Å². The van der Waals surface area contributed by atoms with Gasteiger partial charge < -0.3 is 14.9 Å². The van der Waals surface area contributed by atoms with Crippen molar-refractivity contribution in [1.82, 2.24) is 0 Å². The number of carbonyl (C=O) groups excluding carboxylic acids is 1. The van der Waals surface area contributed by atoms with Gasteiger partial charge in [0.2, 0.25) is 0 Å². The topological polar surface area (TPSA) is 83.8 Å². The highest BCUT2D eigenvalue weighted by molar-refractivity contribution is 5.91. The summed E-state index contributed by atoms with van der Waals surface area (Å²) in [6.07, 6.45) is 12.5. The Bertz CT molecular complexity index is 784. The van der Waals surface area contributed by atoms with E-state index in [1.807, 2.05) is 6.08 Å². The van der Waals surface area contributed by atoms with Gasteiger partial charge in [-0.3, -0.25) is 4.79 Å². The number of hydrogen-bond donors (Lipinski definition) is 2. The first-order chi connectivity index (χ1) is 13.9. The highest BCUT2D eigenvalue weighted by Crippen LogP contribution is 2.74. The number of carbonyl (C=O) groups is 2. The quantitative estimate of drug-likeness (QED) is 0.530. The zero-order valence-electron chi connectivity index (χ0n) is 17.2. The number of aliphatic hydroxyl groups is 1. The molecule has 0 spiro atoms. The van der Waals surface area contributed by atoms with Crippen molar-refractivity contribution >= 4 is 11.9 Å². The normalized spacial score (nSPS) is 48.1. The Labute approximate surface area is 172 Å². The number of fused-ring (bicyclic) bond motifs is 7. The summed E-state index contributed by atoms with van der Waals surface area (Å²) in [7, 11) is 0. The first-order valence-electron chi connectivity index (χ1n) is 11.4. The van der Waals surface area contributed by atoms with Gasteiger partial charge in [-0.2, -0.15) is 0 Å². The number of carboxylic acid groups (broad SMARTS) is 1. The lowest BCUT2D eigenvalue weighted by atomic mass is 9.48. The zero-order valence-corrected chi connectivity index (χ0v) is 17.2. The summed E-state index contributed by atoms with van der Waals surface area (Å²) in [6, 6.07) is 0. The second kappa shape index (κ2) is 6.69. The number of ketones is 1. The lowest BCUT2D eigenvalue weighted by Gasteiger charge is -2.57. The first-order valence-corrected chi connectivity index (χ1v) is 11.4. The molecule has 2 N–H and O–H groups in total. The summed E-state index contributed by atoms with van der Waals surface area (Å²) in [5.74, 6) is 3.32. The molecule has 0 radical (unpaired) electrons. The molecular weight excluding hydrogens is 368 g/mol. The summed E-state index contributed by atoms with van der Waals surface area (Å²) in [5.41, 5.74) is 0.220. The van der Waals surface area contributed by atoms with Crippen LogP contribution in [-0.4, -0.2) is 27.8 Å². The maximum Gasteiger partial charge on any atom is 0.510 e. The number of ether oxygens (including phenoxy) is 1. The summed E-state index contributed by atoms with van der Waals surface area (Å²) in [4.78, 5) is 22.8. The van der Waals surface area contributed by atoms with Gasteiger partial charge in [-0.05, 0) is 99.0 Å². The van der Waals surface area contributed by atoms with Crippen molar-refractivity contribution in [2.75, 3.05) is 0 Å². The summed E-state index contributed by atoms with van der Waals surface area (Å²) < 4.78 is 4.67. The third kappa shape index (κ3) is 2.55. The molecule has 4 fully saturated rings. The Morgan fingerprint density at radius 3 is 2.69 bits per heavy atom. The first kappa shape index (κ1) is 19.3. The summed E-state index contributed by atoms with van der Waals surface area (Å²) in [6.45, 7) is 2.20. The largest absolute Gasteiger partial charge is 0.510 e. The average molecular weight is 401 g/mol. The number of allylic oxidation sites excluding steroid dienone is 1. The number of hydrogen-bond acceptors (Lipinski definition) is 4. The average Bonchev–Trinajstić information content (AvgIpc) is 2.80. The Kier molecular flexibility index (Phi) is 4.47. The molecule has 5 rings (SSSR count). The Morgan fingerprint density at radius 2 is 2.00 bits per heavy atom. The van der Waals surface area contributed by atoms with Crippen molar-refractivity contribution in [2.24, 2.45) is 40.9 Å². The lowest BCUT2D eigenvalue weighted by Crippen LogP contribution is -2.54. The van der Waals surface area contributed by atoms with Crippen LogP contribution in [0.25, 0.3) is 0 Å². The molecule has 0 aromatic rings. The van der Waals surface area contributed by atoms with Crippen molar-refractivity contribution in [3.05, 3.63) is 24.0 Å². The van der Waals surface area contributed by atoms with E-state index >= 15 is 0 Å². The van der Waals surface area contributed by atoms with E-state index in [4.69, 9.17) is 5.11 Å². The highest BCUT2D eigenvalue weighted by Gasteiger charge is 2.72. The molecule has 0 saturated heterocycles. The van der Waals surface area contributed by atoms with E-state index in [0.717, 1.165) is 44.9 Å². The van der Waals surface area contributed by atoms with E-state index in [9.17, 15) is 14.7 Å². The van der Waals surface area contributed by atoms with Gasteiger partial charge in [0.05, 0.1) is 11.9 Å². The van der Waals surface area contributed by atoms with Crippen LogP contribution in [0, 0.1) is 40.9 Å². The standard InChI is InChI=1S/C24H32O5/c1-2-23-10-9-17-16-6-4-15(25)13-14(16)3-5-18(17)21(23)19-7-8-20(19)24(23,28)11-12-29-22(26)27/h11-13,16-21,28H,2-10H2,1H3,(H,26,27)/b12-11-/t16-,17+,18+,19-,20+,21+,23-,24-/m0/s1. The van der Waals surface area contributed by atoms with E-state index in [1.165, 1.54) is 18.3 Å². The molecule has 0 aliphatic heterocycles. The van der Waals surface area contributed by atoms with E-state index in [2.05, 4.69) is 11.7 Å². The lowest BCUT2D eigenvalue weighted by molar-refractivity contribution is -0.120. The molecule has 0 bridgehead atoms. The smallest absolute Gasteiger partial charge is 0.449 e. The van der Waals surface area contributed by atoms with Crippen LogP contribution in [0.4, 0.5) is 4.79 Å². The van der Waals surface area contributed by atoms with Crippen LogP contribution >= 0.6 is 0 Å². The van der Waals surface area contributed by atoms with Crippen LogP contribution < -0.4 is 0 Å². The molecule has 0 amide bonds. The van der Waals surface area contributed by atoms with E-state index in [-0.39, 0.29) is 11.3 Å². The van der Waals surface area contributed by atoms with Gasteiger partial charge in [0.15, 0.2) is 5.78 Å². The van der Waals surface area contributed by atoms with Crippen molar-refractivity contribution in [1.29, 1.82) is 0 Å². The van der Waals surface area contributed by atoms with Crippen LogP contribution in [-0.2, 0) is 9.53 Å².